The summed E-state index contributed by atoms with van der Waals surface area (Å²) < 4.78 is 75.0. The van der Waals surface area contributed by atoms with Crippen LogP contribution in [0.4, 0.5) is 8.78 Å². The Balaban J connectivity index is 2.11. The van der Waals surface area contributed by atoms with Crippen molar-refractivity contribution in [2.24, 2.45) is 0 Å². The first-order valence-corrected chi connectivity index (χ1v) is 10.8. The van der Waals surface area contributed by atoms with Crippen LogP contribution in [-0.2, 0) is 24.7 Å². The second-order valence-corrected chi connectivity index (χ2v) is 9.87. The van der Waals surface area contributed by atoms with E-state index in [4.69, 9.17) is 0 Å². The number of benzene rings is 1. The Morgan fingerprint density at radius 1 is 1.28 bits per heavy atom. The number of carbonyl (C=O) groups is 1. The number of likely N-dealkylation sites (N-methyl/N-ethyl adjacent to an activating group) is 1. The number of halogens is 2. The van der Waals surface area contributed by atoms with Crippen molar-refractivity contribution in [3.05, 3.63) is 29.8 Å². The average Bonchev–Trinajstić information content (AvgIpc) is 2.82. The van der Waals surface area contributed by atoms with Crippen LogP contribution in [0.25, 0.3) is 0 Å². The lowest BCUT2D eigenvalue weighted by atomic mass is 10.2. The van der Waals surface area contributed by atoms with Crippen LogP contribution >= 0.6 is 0 Å². The molecule has 1 unspecified atom stereocenters. The second kappa shape index (κ2) is 7.34. The van der Waals surface area contributed by atoms with Gasteiger partial charge in [-0.2, -0.15) is 4.31 Å². The van der Waals surface area contributed by atoms with Crippen molar-refractivity contribution in [1.82, 2.24) is 9.62 Å². The molecule has 1 aromatic rings. The predicted molar refractivity (Wildman–Crippen MR) is 86.0 cm³/mol. The van der Waals surface area contributed by atoms with Gasteiger partial charge in [-0.05, 0) is 18.6 Å². The maximum atomic E-state index is 13.3. The minimum atomic E-state index is -4.27. The number of carbonyl (C=O) groups excluding carboxylic acids is 1. The van der Waals surface area contributed by atoms with Crippen molar-refractivity contribution < 1.29 is 30.4 Å². The third-order valence-electron chi connectivity index (χ3n) is 3.74. The number of nitrogens with zero attached hydrogens (tertiary/aromatic N) is 1. The zero-order valence-electron chi connectivity index (χ0n) is 13.4. The van der Waals surface area contributed by atoms with Crippen LogP contribution in [0.15, 0.2) is 23.1 Å². The highest BCUT2D eigenvalue weighted by atomic mass is 32.2. The molecule has 0 radical (unpaired) electrons. The van der Waals surface area contributed by atoms with Crippen molar-refractivity contribution in [2.45, 2.75) is 24.3 Å². The highest BCUT2D eigenvalue weighted by Gasteiger charge is 2.31. The molecule has 1 aliphatic rings. The van der Waals surface area contributed by atoms with Gasteiger partial charge in [0.25, 0.3) is 0 Å². The molecule has 0 spiro atoms. The lowest BCUT2D eigenvalue weighted by Crippen LogP contribution is -2.44. The maximum Gasteiger partial charge on any atom is 0.243 e. The van der Waals surface area contributed by atoms with Gasteiger partial charge in [-0.3, -0.25) is 4.79 Å². The van der Waals surface area contributed by atoms with Crippen LogP contribution in [0.5, 0.6) is 0 Å². The lowest BCUT2D eigenvalue weighted by molar-refractivity contribution is -0.121. The molecule has 1 aromatic carbocycles. The van der Waals surface area contributed by atoms with Gasteiger partial charge < -0.3 is 5.32 Å². The van der Waals surface area contributed by atoms with Gasteiger partial charge in [0.05, 0.1) is 22.9 Å². The molecule has 1 amide bonds. The van der Waals surface area contributed by atoms with E-state index in [0.717, 1.165) is 4.31 Å². The van der Waals surface area contributed by atoms with Gasteiger partial charge in [0.1, 0.15) is 11.6 Å². The van der Waals surface area contributed by atoms with Gasteiger partial charge in [-0.1, -0.05) is 6.92 Å². The third kappa shape index (κ3) is 4.95. The number of rotatable bonds is 6. The van der Waals surface area contributed by atoms with Crippen molar-refractivity contribution in [3.8, 4) is 0 Å². The highest BCUT2D eigenvalue weighted by Crippen LogP contribution is 2.18. The first-order chi connectivity index (χ1) is 11.5. The molecule has 1 heterocycles. The number of sulfonamides is 1. The van der Waals surface area contributed by atoms with Crippen molar-refractivity contribution in [3.63, 3.8) is 0 Å². The lowest BCUT2D eigenvalue weighted by Gasteiger charge is -2.21. The largest absolute Gasteiger partial charge is 0.351 e. The van der Waals surface area contributed by atoms with E-state index in [2.05, 4.69) is 5.32 Å². The molecule has 0 aromatic heterocycles. The summed E-state index contributed by atoms with van der Waals surface area (Å²) in [5.41, 5.74) is 0. The van der Waals surface area contributed by atoms with E-state index in [1.807, 2.05) is 0 Å². The number of sulfone groups is 1. The standard InChI is InChI=1S/C14H18F2N2O5S2/c1-2-18(8-14(19)17-12-3-4-24(20,21)9-12)25(22,23)13-6-10(15)5-11(16)7-13/h5-7,12H,2-4,8-9H2,1H3,(H,17,19). The molecule has 1 saturated heterocycles. The fourth-order valence-electron chi connectivity index (χ4n) is 2.54. The molecule has 0 saturated carbocycles. The van der Waals surface area contributed by atoms with Gasteiger partial charge in [0.2, 0.25) is 15.9 Å². The number of hydrogen-bond donors (Lipinski definition) is 1. The Kier molecular flexibility index (Phi) is 5.79. The van der Waals surface area contributed by atoms with Crippen molar-refractivity contribution in [1.29, 1.82) is 0 Å². The predicted octanol–water partition coefficient (Wildman–Crippen LogP) is 0.279. The minimum Gasteiger partial charge on any atom is -0.351 e. The molecule has 140 valence electrons. The molecule has 11 heteroatoms. The van der Waals surface area contributed by atoms with E-state index >= 15 is 0 Å². The van der Waals surface area contributed by atoms with Gasteiger partial charge >= 0.3 is 0 Å². The summed E-state index contributed by atoms with van der Waals surface area (Å²) in [4.78, 5) is 11.4. The van der Waals surface area contributed by atoms with Crippen LogP contribution in [0, 0.1) is 11.6 Å². The third-order valence-corrected chi connectivity index (χ3v) is 7.41. The number of hydrogen-bond acceptors (Lipinski definition) is 5. The smallest absolute Gasteiger partial charge is 0.243 e. The second-order valence-electron chi connectivity index (χ2n) is 5.70. The van der Waals surface area contributed by atoms with Gasteiger partial charge in [0.15, 0.2) is 9.84 Å². The summed E-state index contributed by atoms with van der Waals surface area (Å²) in [6.07, 6.45) is 0.266. The molecular formula is C14H18F2N2O5S2. The monoisotopic (exact) mass is 396 g/mol. The van der Waals surface area contributed by atoms with Gasteiger partial charge in [0, 0.05) is 18.7 Å². The Labute approximate surface area is 145 Å². The summed E-state index contributed by atoms with van der Waals surface area (Å²) in [5.74, 6) is -2.99. The van der Waals surface area contributed by atoms with Crippen molar-refractivity contribution >= 4 is 25.8 Å². The number of nitrogens with one attached hydrogen (secondary N) is 1. The highest BCUT2D eigenvalue weighted by molar-refractivity contribution is 7.91. The molecule has 1 aliphatic heterocycles. The van der Waals surface area contributed by atoms with Crippen LogP contribution in [0.3, 0.4) is 0 Å². The van der Waals surface area contributed by atoms with E-state index in [1.54, 1.807) is 0 Å². The molecule has 25 heavy (non-hydrogen) atoms. The van der Waals surface area contributed by atoms with Crippen LogP contribution in [0.1, 0.15) is 13.3 Å². The summed E-state index contributed by atoms with van der Waals surface area (Å²) in [6, 6.07) is 1.32. The summed E-state index contributed by atoms with van der Waals surface area (Å²) >= 11 is 0. The van der Waals surface area contributed by atoms with E-state index < -0.39 is 54.9 Å². The maximum absolute atomic E-state index is 13.3. The summed E-state index contributed by atoms with van der Waals surface area (Å²) in [7, 11) is -7.46. The molecule has 7 nitrogen and oxygen atoms in total. The van der Waals surface area contributed by atoms with E-state index in [0.29, 0.717) is 18.2 Å². The SMILES string of the molecule is CCN(CC(=O)NC1CCS(=O)(=O)C1)S(=O)(=O)c1cc(F)cc(F)c1. The Morgan fingerprint density at radius 2 is 1.88 bits per heavy atom. The fraction of sp³-hybridized carbons (Fsp3) is 0.500. The summed E-state index contributed by atoms with van der Waals surface area (Å²) in [5, 5.41) is 2.47. The molecule has 1 N–H and O–H groups in total. The topological polar surface area (TPSA) is 101 Å². The zero-order valence-corrected chi connectivity index (χ0v) is 15.0. The zero-order chi connectivity index (χ0) is 18.8. The Hall–Kier alpha value is -1.59. The molecule has 1 fully saturated rings. The summed E-state index contributed by atoms with van der Waals surface area (Å²) in [6.45, 7) is 0.797. The fourth-order valence-corrected chi connectivity index (χ4v) is 5.66. The molecule has 2 rings (SSSR count). The molecule has 0 aliphatic carbocycles. The van der Waals surface area contributed by atoms with Gasteiger partial charge in [-0.25, -0.2) is 25.6 Å². The first kappa shape index (κ1) is 19.7. The minimum absolute atomic E-state index is 0.0314. The average molecular weight is 396 g/mol. The van der Waals surface area contributed by atoms with Crippen molar-refractivity contribution in [2.75, 3.05) is 24.6 Å². The van der Waals surface area contributed by atoms with Crippen LogP contribution < -0.4 is 5.32 Å². The van der Waals surface area contributed by atoms with E-state index in [9.17, 15) is 30.4 Å². The van der Waals surface area contributed by atoms with Gasteiger partial charge in [-0.15, -0.1) is 0 Å². The molecule has 1 atom stereocenters. The Bertz CT molecular complexity index is 851. The first-order valence-electron chi connectivity index (χ1n) is 7.49. The number of amides is 1. The van der Waals surface area contributed by atoms with Crippen LogP contribution in [0.2, 0.25) is 0 Å². The van der Waals surface area contributed by atoms with E-state index in [1.165, 1.54) is 6.92 Å². The normalized spacial score (nSPS) is 19.9. The quantitative estimate of drug-likeness (QED) is 0.744. The molecular weight excluding hydrogens is 378 g/mol. The Morgan fingerprint density at radius 3 is 2.36 bits per heavy atom. The van der Waals surface area contributed by atoms with E-state index in [-0.39, 0.29) is 24.5 Å². The van der Waals surface area contributed by atoms with Crippen LogP contribution in [-0.4, -0.2) is 57.7 Å². The molecule has 0 bridgehead atoms.